The quantitative estimate of drug-likeness (QED) is 0.904. The highest BCUT2D eigenvalue weighted by Crippen LogP contribution is 2.36. The van der Waals surface area contributed by atoms with Gasteiger partial charge in [-0.25, -0.2) is 0 Å². The van der Waals surface area contributed by atoms with Crippen LogP contribution in [0, 0.1) is 6.92 Å². The van der Waals surface area contributed by atoms with E-state index in [0.717, 1.165) is 28.5 Å². The molecule has 0 saturated carbocycles. The second-order valence-electron chi connectivity index (χ2n) is 4.38. The molecule has 2 rings (SSSR count). The Labute approximate surface area is 119 Å². The van der Waals surface area contributed by atoms with Crippen LogP contribution in [0.1, 0.15) is 23.0 Å². The second kappa shape index (κ2) is 6.34. The Morgan fingerprint density at radius 1 is 1.05 bits per heavy atom. The lowest BCUT2D eigenvalue weighted by atomic mass is 10.0. The highest BCUT2D eigenvalue weighted by molar-refractivity contribution is 5.49. The van der Waals surface area contributed by atoms with Crippen molar-refractivity contribution < 1.29 is 9.47 Å². The third-order valence-electron chi connectivity index (χ3n) is 3.14. The van der Waals surface area contributed by atoms with Crippen molar-refractivity contribution in [2.75, 3.05) is 21.3 Å². The standard InChI is InChI=1S/C15H19N3O2/c1-10-8-18-11(9-17-10)15(16-2)14-12(19-3)6-5-7-13(14)20-4/h5-9,15-16H,1-4H3. The number of nitrogens with zero attached hydrogens (tertiary/aromatic N) is 2. The summed E-state index contributed by atoms with van der Waals surface area (Å²) in [6, 6.07) is 5.57. The SMILES string of the molecule is CNC(c1cnc(C)cn1)c1c(OC)cccc1OC. The van der Waals surface area contributed by atoms with Gasteiger partial charge in [-0.05, 0) is 26.1 Å². The third-order valence-corrected chi connectivity index (χ3v) is 3.14. The fourth-order valence-electron chi connectivity index (χ4n) is 2.16. The number of nitrogens with one attached hydrogen (secondary N) is 1. The summed E-state index contributed by atoms with van der Waals surface area (Å²) in [5, 5.41) is 3.24. The van der Waals surface area contributed by atoms with Crippen molar-refractivity contribution in [3.63, 3.8) is 0 Å². The van der Waals surface area contributed by atoms with Crippen LogP contribution < -0.4 is 14.8 Å². The van der Waals surface area contributed by atoms with Crippen molar-refractivity contribution in [2.24, 2.45) is 0 Å². The molecule has 2 aromatic rings. The number of rotatable bonds is 5. The first-order valence-electron chi connectivity index (χ1n) is 6.38. The van der Waals surface area contributed by atoms with Crippen molar-refractivity contribution in [2.45, 2.75) is 13.0 Å². The smallest absolute Gasteiger partial charge is 0.127 e. The molecule has 0 bridgehead atoms. The van der Waals surface area contributed by atoms with Crippen LogP contribution >= 0.6 is 0 Å². The Morgan fingerprint density at radius 3 is 2.15 bits per heavy atom. The van der Waals surface area contributed by atoms with Gasteiger partial charge in [-0.15, -0.1) is 0 Å². The number of methoxy groups -OCH3 is 2. The van der Waals surface area contributed by atoms with E-state index in [9.17, 15) is 0 Å². The lowest BCUT2D eigenvalue weighted by Gasteiger charge is -2.21. The van der Waals surface area contributed by atoms with Crippen molar-refractivity contribution in [3.8, 4) is 11.5 Å². The van der Waals surface area contributed by atoms with Crippen LogP contribution in [0.25, 0.3) is 0 Å². The molecule has 1 unspecified atom stereocenters. The second-order valence-corrected chi connectivity index (χ2v) is 4.38. The Bertz CT molecular complexity index is 548. The van der Waals surface area contributed by atoms with E-state index in [1.165, 1.54) is 0 Å². The van der Waals surface area contributed by atoms with E-state index in [-0.39, 0.29) is 6.04 Å². The zero-order chi connectivity index (χ0) is 14.5. The van der Waals surface area contributed by atoms with E-state index < -0.39 is 0 Å². The summed E-state index contributed by atoms with van der Waals surface area (Å²) < 4.78 is 10.9. The van der Waals surface area contributed by atoms with Gasteiger partial charge in [0.25, 0.3) is 0 Å². The third kappa shape index (κ3) is 2.72. The summed E-state index contributed by atoms with van der Waals surface area (Å²) in [4.78, 5) is 8.74. The summed E-state index contributed by atoms with van der Waals surface area (Å²) in [5.74, 6) is 1.51. The molecule has 0 aliphatic rings. The van der Waals surface area contributed by atoms with E-state index >= 15 is 0 Å². The lowest BCUT2D eigenvalue weighted by Crippen LogP contribution is -2.20. The van der Waals surface area contributed by atoms with Gasteiger partial charge in [0.2, 0.25) is 0 Å². The summed E-state index contributed by atoms with van der Waals surface area (Å²) >= 11 is 0. The maximum atomic E-state index is 5.45. The summed E-state index contributed by atoms with van der Waals surface area (Å²) in [7, 11) is 5.16. The predicted molar refractivity (Wildman–Crippen MR) is 77.2 cm³/mol. The molecule has 0 spiro atoms. The predicted octanol–water partition coefficient (Wildman–Crippen LogP) is 2.11. The summed E-state index contributed by atoms with van der Waals surface area (Å²) in [6.07, 6.45) is 3.52. The molecule has 0 saturated heterocycles. The van der Waals surface area contributed by atoms with E-state index in [1.54, 1.807) is 26.6 Å². The van der Waals surface area contributed by atoms with Crippen molar-refractivity contribution >= 4 is 0 Å². The Morgan fingerprint density at radius 2 is 1.70 bits per heavy atom. The molecule has 106 valence electrons. The topological polar surface area (TPSA) is 56.3 Å². The van der Waals surface area contributed by atoms with E-state index in [2.05, 4.69) is 15.3 Å². The van der Waals surface area contributed by atoms with Crippen LogP contribution in [0.15, 0.2) is 30.6 Å². The van der Waals surface area contributed by atoms with Gasteiger partial charge < -0.3 is 14.8 Å². The number of aryl methyl sites for hydroxylation is 1. The Hall–Kier alpha value is -2.14. The van der Waals surface area contributed by atoms with Gasteiger partial charge >= 0.3 is 0 Å². The van der Waals surface area contributed by atoms with Gasteiger partial charge in [-0.1, -0.05) is 6.07 Å². The number of hydrogen-bond acceptors (Lipinski definition) is 5. The molecule has 1 atom stereocenters. The van der Waals surface area contributed by atoms with Crippen molar-refractivity contribution in [1.82, 2.24) is 15.3 Å². The average Bonchev–Trinajstić information content (AvgIpc) is 2.49. The van der Waals surface area contributed by atoms with Gasteiger partial charge in [0, 0.05) is 6.20 Å². The average molecular weight is 273 g/mol. The first kappa shape index (κ1) is 14.3. The molecule has 1 aromatic heterocycles. The number of ether oxygens (including phenoxy) is 2. The van der Waals surface area contributed by atoms with Gasteiger partial charge in [-0.2, -0.15) is 0 Å². The molecule has 0 aliphatic carbocycles. The summed E-state index contributed by atoms with van der Waals surface area (Å²) in [5.41, 5.74) is 2.62. The largest absolute Gasteiger partial charge is 0.496 e. The minimum Gasteiger partial charge on any atom is -0.496 e. The molecule has 5 nitrogen and oxygen atoms in total. The monoisotopic (exact) mass is 273 g/mol. The zero-order valence-corrected chi connectivity index (χ0v) is 12.2. The molecule has 0 radical (unpaired) electrons. The maximum Gasteiger partial charge on any atom is 0.127 e. The molecular weight excluding hydrogens is 254 g/mol. The highest BCUT2D eigenvalue weighted by Gasteiger charge is 2.22. The maximum absolute atomic E-state index is 5.45. The Balaban J connectivity index is 2.53. The molecule has 1 aromatic carbocycles. The van der Waals surface area contributed by atoms with Crippen LogP contribution in [0.4, 0.5) is 0 Å². The molecular formula is C15H19N3O2. The van der Waals surface area contributed by atoms with Crippen LogP contribution in [0.5, 0.6) is 11.5 Å². The van der Waals surface area contributed by atoms with Crippen LogP contribution in [0.3, 0.4) is 0 Å². The van der Waals surface area contributed by atoms with Crippen LogP contribution in [0.2, 0.25) is 0 Å². The highest BCUT2D eigenvalue weighted by atomic mass is 16.5. The zero-order valence-electron chi connectivity index (χ0n) is 12.2. The Kier molecular flexibility index (Phi) is 4.53. The lowest BCUT2D eigenvalue weighted by molar-refractivity contribution is 0.378. The first-order valence-corrected chi connectivity index (χ1v) is 6.38. The molecule has 0 aliphatic heterocycles. The molecule has 0 fully saturated rings. The van der Waals surface area contributed by atoms with Crippen LogP contribution in [-0.4, -0.2) is 31.2 Å². The van der Waals surface area contributed by atoms with Gasteiger partial charge in [0.05, 0.1) is 43.4 Å². The minimum atomic E-state index is -0.144. The van der Waals surface area contributed by atoms with E-state index in [4.69, 9.17) is 9.47 Å². The number of aromatic nitrogens is 2. The normalized spacial score (nSPS) is 12.0. The molecule has 20 heavy (non-hydrogen) atoms. The summed E-state index contributed by atoms with van der Waals surface area (Å²) in [6.45, 7) is 1.91. The molecule has 1 heterocycles. The van der Waals surface area contributed by atoms with Gasteiger partial charge in [0.15, 0.2) is 0 Å². The van der Waals surface area contributed by atoms with Gasteiger partial charge in [-0.3, -0.25) is 9.97 Å². The number of benzene rings is 1. The molecule has 5 heteroatoms. The minimum absolute atomic E-state index is 0.144. The van der Waals surface area contributed by atoms with Gasteiger partial charge in [0.1, 0.15) is 11.5 Å². The molecule has 1 N–H and O–H groups in total. The molecule has 0 amide bonds. The number of hydrogen-bond donors (Lipinski definition) is 1. The van der Waals surface area contributed by atoms with Crippen LogP contribution in [-0.2, 0) is 0 Å². The van der Waals surface area contributed by atoms with Crippen molar-refractivity contribution in [3.05, 3.63) is 47.5 Å². The van der Waals surface area contributed by atoms with Crippen molar-refractivity contribution in [1.29, 1.82) is 0 Å². The first-order chi connectivity index (χ1) is 9.71. The van der Waals surface area contributed by atoms with E-state index in [0.29, 0.717) is 0 Å². The van der Waals surface area contributed by atoms with E-state index in [1.807, 2.05) is 32.2 Å². The fourth-order valence-corrected chi connectivity index (χ4v) is 2.16. The fraction of sp³-hybridized carbons (Fsp3) is 0.333.